The number of aromatic nitrogens is 1. The van der Waals surface area contributed by atoms with Crippen LogP contribution in [0.1, 0.15) is 34.7 Å². The van der Waals surface area contributed by atoms with Crippen LogP contribution < -0.4 is 14.8 Å². The number of hydrogen-bond donors (Lipinski definition) is 2. The van der Waals surface area contributed by atoms with Gasteiger partial charge in [0, 0.05) is 23.5 Å². The highest BCUT2D eigenvalue weighted by molar-refractivity contribution is 5.99. The molecule has 0 radical (unpaired) electrons. The maximum atomic E-state index is 12.2. The second-order valence-electron chi connectivity index (χ2n) is 5.75. The van der Waals surface area contributed by atoms with Crippen molar-refractivity contribution < 1.29 is 28.6 Å². The van der Waals surface area contributed by atoms with E-state index in [1.165, 1.54) is 26.1 Å². The van der Waals surface area contributed by atoms with Gasteiger partial charge in [0.05, 0.1) is 0 Å². The predicted octanol–water partition coefficient (Wildman–Crippen LogP) is 2.17. The Bertz CT molecular complexity index is 857. The first kappa shape index (κ1) is 17.5. The van der Waals surface area contributed by atoms with Gasteiger partial charge in [-0.3, -0.25) is 9.59 Å². The van der Waals surface area contributed by atoms with E-state index in [0.29, 0.717) is 36.0 Å². The summed E-state index contributed by atoms with van der Waals surface area (Å²) in [5.41, 5.74) is 0.973. The van der Waals surface area contributed by atoms with Crippen LogP contribution in [0.3, 0.4) is 0 Å². The Labute approximate surface area is 149 Å². The first-order chi connectivity index (χ1) is 12.4. The lowest BCUT2D eigenvalue weighted by Crippen LogP contribution is -2.30. The quantitative estimate of drug-likeness (QED) is 0.627. The van der Waals surface area contributed by atoms with Crippen LogP contribution in [-0.4, -0.2) is 42.0 Å². The monoisotopic (exact) mass is 358 g/mol. The summed E-state index contributed by atoms with van der Waals surface area (Å²) in [5, 5.41) is 2.66. The molecule has 1 aromatic heterocycles. The molecule has 0 bridgehead atoms. The number of anilines is 1. The molecule has 8 nitrogen and oxygen atoms in total. The number of hydrogen-bond acceptors (Lipinski definition) is 6. The maximum absolute atomic E-state index is 12.2. The SMILES string of the molecule is CC(=O)c1c[nH]c(C(=O)O[C@@H](C)C(=O)Nc2ccc3c(c2)OCCO3)c1. The lowest BCUT2D eigenvalue weighted by Gasteiger charge is -2.19. The van der Waals surface area contributed by atoms with Crippen LogP contribution >= 0.6 is 0 Å². The molecule has 1 aromatic carbocycles. The molecule has 1 aliphatic heterocycles. The van der Waals surface area contributed by atoms with Crippen LogP contribution in [0.15, 0.2) is 30.5 Å². The van der Waals surface area contributed by atoms with E-state index in [0.717, 1.165) is 0 Å². The molecule has 0 saturated carbocycles. The van der Waals surface area contributed by atoms with Crippen LogP contribution in [-0.2, 0) is 9.53 Å². The van der Waals surface area contributed by atoms with Gasteiger partial charge in [-0.15, -0.1) is 0 Å². The Morgan fingerprint density at radius 1 is 1.15 bits per heavy atom. The van der Waals surface area contributed by atoms with Crippen molar-refractivity contribution in [2.45, 2.75) is 20.0 Å². The molecule has 0 fully saturated rings. The standard InChI is InChI=1S/C18H18N2O6/c1-10(21)12-7-14(19-9-12)18(23)26-11(2)17(22)20-13-3-4-15-16(8-13)25-6-5-24-15/h3-4,7-9,11,19H,5-6H2,1-2H3,(H,20,22)/t11-/m0/s1. The molecule has 0 saturated heterocycles. The molecule has 8 heteroatoms. The lowest BCUT2D eigenvalue weighted by molar-refractivity contribution is -0.123. The molecule has 136 valence electrons. The summed E-state index contributed by atoms with van der Waals surface area (Å²) < 4.78 is 16.0. The molecule has 2 aromatic rings. The van der Waals surface area contributed by atoms with Gasteiger partial charge in [-0.1, -0.05) is 0 Å². The van der Waals surface area contributed by atoms with Gasteiger partial charge >= 0.3 is 5.97 Å². The summed E-state index contributed by atoms with van der Waals surface area (Å²) in [6.07, 6.45) is 0.388. The van der Waals surface area contributed by atoms with Crippen molar-refractivity contribution in [3.8, 4) is 11.5 Å². The number of benzene rings is 1. The second-order valence-corrected chi connectivity index (χ2v) is 5.75. The van der Waals surface area contributed by atoms with E-state index in [9.17, 15) is 14.4 Å². The Morgan fingerprint density at radius 2 is 1.88 bits per heavy atom. The van der Waals surface area contributed by atoms with Crippen molar-refractivity contribution in [2.24, 2.45) is 0 Å². The summed E-state index contributed by atoms with van der Waals surface area (Å²) in [4.78, 5) is 38.2. The summed E-state index contributed by atoms with van der Waals surface area (Å²) in [5.74, 6) is -0.232. The van der Waals surface area contributed by atoms with E-state index in [-0.39, 0.29) is 11.5 Å². The van der Waals surface area contributed by atoms with Crippen molar-refractivity contribution in [3.63, 3.8) is 0 Å². The number of aromatic amines is 1. The summed E-state index contributed by atoms with van der Waals surface area (Å²) in [6.45, 7) is 3.77. The molecule has 26 heavy (non-hydrogen) atoms. The molecular weight excluding hydrogens is 340 g/mol. The van der Waals surface area contributed by atoms with Crippen LogP contribution in [0.25, 0.3) is 0 Å². The third-order valence-electron chi connectivity index (χ3n) is 3.77. The first-order valence-corrected chi connectivity index (χ1v) is 8.05. The van der Waals surface area contributed by atoms with E-state index in [1.54, 1.807) is 18.2 Å². The van der Waals surface area contributed by atoms with Gasteiger partial charge < -0.3 is 24.5 Å². The number of ether oxygens (including phenoxy) is 3. The Morgan fingerprint density at radius 3 is 2.58 bits per heavy atom. The minimum atomic E-state index is -1.03. The normalized spacial score (nSPS) is 13.6. The summed E-state index contributed by atoms with van der Waals surface area (Å²) in [6, 6.07) is 6.40. The number of Topliss-reactive ketones (excluding diaryl/α,β-unsaturated/α-hetero) is 1. The fraction of sp³-hybridized carbons (Fsp3) is 0.278. The summed E-state index contributed by atoms with van der Waals surface area (Å²) in [7, 11) is 0. The van der Waals surface area contributed by atoms with Gasteiger partial charge in [0.25, 0.3) is 5.91 Å². The number of rotatable bonds is 5. The molecule has 1 atom stereocenters. The zero-order chi connectivity index (χ0) is 18.7. The highest BCUT2D eigenvalue weighted by Crippen LogP contribution is 2.32. The van der Waals surface area contributed by atoms with Crippen LogP contribution in [0.4, 0.5) is 5.69 Å². The van der Waals surface area contributed by atoms with E-state index >= 15 is 0 Å². The van der Waals surface area contributed by atoms with Crippen molar-refractivity contribution in [3.05, 3.63) is 41.7 Å². The van der Waals surface area contributed by atoms with Crippen molar-refractivity contribution in [1.82, 2.24) is 4.98 Å². The van der Waals surface area contributed by atoms with Crippen molar-refractivity contribution >= 4 is 23.3 Å². The number of ketones is 1. The topological polar surface area (TPSA) is 107 Å². The largest absolute Gasteiger partial charge is 0.486 e. The second kappa shape index (κ2) is 7.30. The molecule has 0 spiro atoms. The van der Waals surface area contributed by atoms with Crippen LogP contribution in [0.5, 0.6) is 11.5 Å². The molecule has 3 rings (SSSR count). The molecule has 0 aliphatic carbocycles. The number of esters is 1. The van der Waals surface area contributed by atoms with Crippen LogP contribution in [0, 0.1) is 0 Å². The molecule has 1 amide bonds. The van der Waals surface area contributed by atoms with Gasteiger partial charge in [0.2, 0.25) is 0 Å². The number of carbonyl (C=O) groups is 3. The zero-order valence-corrected chi connectivity index (χ0v) is 14.3. The van der Waals surface area contributed by atoms with Gasteiger partial charge in [0.1, 0.15) is 18.9 Å². The molecule has 0 unspecified atom stereocenters. The number of H-pyrrole nitrogens is 1. The van der Waals surface area contributed by atoms with E-state index < -0.39 is 18.0 Å². The highest BCUT2D eigenvalue weighted by atomic mass is 16.6. The number of fused-ring (bicyclic) bond motifs is 1. The Kier molecular flexibility index (Phi) is 4.92. The third-order valence-corrected chi connectivity index (χ3v) is 3.77. The minimum absolute atomic E-state index is 0.106. The third kappa shape index (κ3) is 3.85. The van der Waals surface area contributed by atoms with Gasteiger partial charge in [0.15, 0.2) is 23.4 Å². The molecule has 2 N–H and O–H groups in total. The summed E-state index contributed by atoms with van der Waals surface area (Å²) >= 11 is 0. The zero-order valence-electron chi connectivity index (χ0n) is 14.3. The van der Waals surface area contributed by atoms with Crippen molar-refractivity contribution in [2.75, 3.05) is 18.5 Å². The number of amides is 1. The lowest BCUT2D eigenvalue weighted by atomic mass is 10.2. The molecular formula is C18H18N2O6. The van der Waals surface area contributed by atoms with Crippen molar-refractivity contribution in [1.29, 1.82) is 0 Å². The first-order valence-electron chi connectivity index (χ1n) is 8.05. The van der Waals surface area contributed by atoms with E-state index in [2.05, 4.69) is 10.3 Å². The fourth-order valence-corrected chi connectivity index (χ4v) is 2.36. The average molecular weight is 358 g/mol. The number of carbonyl (C=O) groups excluding carboxylic acids is 3. The molecule has 2 heterocycles. The molecule has 1 aliphatic rings. The highest BCUT2D eigenvalue weighted by Gasteiger charge is 2.21. The minimum Gasteiger partial charge on any atom is -0.486 e. The Balaban J connectivity index is 1.60. The fourth-order valence-electron chi connectivity index (χ4n) is 2.36. The predicted molar refractivity (Wildman–Crippen MR) is 91.7 cm³/mol. The average Bonchev–Trinajstić information content (AvgIpc) is 3.12. The van der Waals surface area contributed by atoms with Gasteiger partial charge in [-0.2, -0.15) is 0 Å². The number of nitrogens with one attached hydrogen (secondary N) is 2. The van der Waals surface area contributed by atoms with Gasteiger partial charge in [-0.05, 0) is 32.0 Å². The Hall–Kier alpha value is -3.29. The van der Waals surface area contributed by atoms with E-state index in [4.69, 9.17) is 14.2 Å². The maximum Gasteiger partial charge on any atom is 0.355 e. The smallest absolute Gasteiger partial charge is 0.355 e. The van der Waals surface area contributed by atoms with E-state index in [1.807, 2.05) is 0 Å². The van der Waals surface area contributed by atoms with Gasteiger partial charge in [-0.25, -0.2) is 4.79 Å². The van der Waals surface area contributed by atoms with Crippen LogP contribution in [0.2, 0.25) is 0 Å².